The lowest BCUT2D eigenvalue weighted by molar-refractivity contribution is -0.163. The lowest BCUT2D eigenvalue weighted by Crippen LogP contribution is -2.44. The highest BCUT2D eigenvalue weighted by Crippen LogP contribution is 2.23. The number of amides is 1. The number of carbonyl (C=O) groups excluding carboxylic acids is 1. The van der Waals surface area contributed by atoms with Gasteiger partial charge in [-0.2, -0.15) is 13.2 Å². The second kappa shape index (κ2) is 9.98. The molecule has 0 saturated carbocycles. The lowest BCUT2D eigenvalue weighted by Gasteiger charge is -2.27. The molecule has 0 spiro atoms. The number of nitrogens with zero attached hydrogens (tertiary/aromatic N) is 2. The molecule has 2 aromatic carbocycles. The van der Waals surface area contributed by atoms with E-state index in [1.807, 2.05) is 43.3 Å². The largest absolute Gasteiger partial charge is 0.484 e. The number of rotatable bonds is 8. The Labute approximate surface area is 175 Å². The zero-order chi connectivity index (χ0) is 21.6. The number of benzene rings is 2. The predicted molar refractivity (Wildman–Crippen MR) is 109 cm³/mol. The SMILES string of the molecule is Cc1cccc(OCC(=O)N(CC2CCN(Cc3ccccc3)C2)CC(F)(F)F)c1. The molecule has 1 aliphatic heterocycles. The first-order valence-electron chi connectivity index (χ1n) is 10.1. The fourth-order valence-electron chi connectivity index (χ4n) is 3.77. The van der Waals surface area contributed by atoms with Crippen molar-refractivity contribution in [2.45, 2.75) is 26.1 Å². The minimum absolute atomic E-state index is 0.0129. The van der Waals surface area contributed by atoms with Gasteiger partial charge in [0.25, 0.3) is 5.91 Å². The van der Waals surface area contributed by atoms with Crippen LogP contribution in [0, 0.1) is 12.8 Å². The Kier molecular flexibility index (Phi) is 7.37. The molecule has 1 aliphatic rings. The third-order valence-corrected chi connectivity index (χ3v) is 5.17. The molecule has 1 heterocycles. The molecule has 162 valence electrons. The van der Waals surface area contributed by atoms with E-state index in [1.54, 1.807) is 18.2 Å². The molecule has 7 heteroatoms. The van der Waals surface area contributed by atoms with E-state index >= 15 is 0 Å². The van der Waals surface area contributed by atoms with E-state index in [0.717, 1.165) is 30.0 Å². The molecule has 0 N–H and O–H groups in total. The van der Waals surface area contributed by atoms with Gasteiger partial charge in [0.05, 0.1) is 0 Å². The molecule has 1 unspecified atom stereocenters. The summed E-state index contributed by atoms with van der Waals surface area (Å²) < 4.78 is 44.7. The van der Waals surface area contributed by atoms with E-state index in [1.165, 1.54) is 5.56 Å². The summed E-state index contributed by atoms with van der Waals surface area (Å²) in [7, 11) is 0. The smallest absolute Gasteiger partial charge is 0.406 e. The maximum absolute atomic E-state index is 13.1. The quantitative estimate of drug-likeness (QED) is 0.639. The first-order chi connectivity index (χ1) is 14.3. The van der Waals surface area contributed by atoms with Gasteiger partial charge in [0.1, 0.15) is 12.3 Å². The summed E-state index contributed by atoms with van der Waals surface area (Å²) in [6.45, 7) is 2.56. The number of hydrogen-bond acceptors (Lipinski definition) is 3. The molecule has 1 saturated heterocycles. The number of hydrogen-bond donors (Lipinski definition) is 0. The molecule has 1 atom stereocenters. The minimum Gasteiger partial charge on any atom is -0.484 e. The van der Waals surface area contributed by atoms with E-state index in [4.69, 9.17) is 4.74 Å². The second-order valence-corrected chi connectivity index (χ2v) is 7.87. The van der Waals surface area contributed by atoms with Gasteiger partial charge in [0.15, 0.2) is 6.61 Å². The molecule has 0 radical (unpaired) electrons. The Morgan fingerprint density at radius 1 is 1.17 bits per heavy atom. The van der Waals surface area contributed by atoms with Crippen molar-refractivity contribution in [2.75, 3.05) is 32.8 Å². The van der Waals surface area contributed by atoms with Crippen LogP contribution in [0.5, 0.6) is 5.75 Å². The number of ether oxygens (including phenoxy) is 1. The molecule has 0 aromatic heterocycles. The molecule has 0 aliphatic carbocycles. The normalized spacial score (nSPS) is 17.1. The Bertz CT molecular complexity index is 827. The lowest BCUT2D eigenvalue weighted by atomic mass is 10.1. The summed E-state index contributed by atoms with van der Waals surface area (Å²) in [5.74, 6) is -0.153. The van der Waals surface area contributed by atoms with E-state index < -0.39 is 25.2 Å². The fourth-order valence-corrected chi connectivity index (χ4v) is 3.77. The molecule has 0 bridgehead atoms. The van der Waals surface area contributed by atoms with Crippen LogP contribution in [0.25, 0.3) is 0 Å². The summed E-state index contributed by atoms with van der Waals surface area (Å²) in [5, 5.41) is 0. The van der Waals surface area contributed by atoms with Gasteiger partial charge in [-0.15, -0.1) is 0 Å². The van der Waals surface area contributed by atoms with Crippen LogP contribution >= 0.6 is 0 Å². The van der Waals surface area contributed by atoms with Crippen LogP contribution in [-0.4, -0.2) is 54.7 Å². The number of aryl methyl sites for hydroxylation is 1. The van der Waals surface area contributed by atoms with Crippen LogP contribution in [0.4, 0.5) is 13.2 Å². The first-order valence-corrected chi connectivity index (χ1v) is 10.1. The number of likely N-dealkylation sites (tertiary alicyclic amines) is 1. The van der Waals surface area contributed by atoms with Crippen molar-refractivity contribution in [3.05, 3.63) is 65.7 Å². The third kappa shape index (κ3) is 7.06. The van der Waals surface area contributed by atoms with Crippen molar-refractivity contribution in [2.24, 2.45) is 5.92 Å². The fraction of sp³-hybridized carbons (Fsp3) is 0.435. The van der Waals surface area contributed by atoms with E-state index in [-0.39, 0.29) is 12.5 Å². The Balaban J connectivity index is 1.56. The molecule has 3 rings (SSSR count). The second-order valence-electron chi connectivity index (χ2n) is 7.87. The van der Waals surface area contributed by atoms with Gasteiger partial charge in [0, 0.05) is 19.6 Å². The van der Waals surface area contributed by atoms with Gasteiger partial charge in [-0.05, 0) is 49.1 Å². The maximum Gasteiger partial charge on any atom is 0.406 e. The highest BCUT2D eigenvalue weighted by atomic mass is 19.4. The van der Waals surface area contributed by atoms with Crippen molar-refractivity contribution in [3.8, 4) is 5.75 Å². The minimum atomic E-state index is -4.44. The van der Waals surface area contributed by atoms with Crippen LogP contribution in [0.3, 0.4) is 0 Å². The van der Waals surface area contributed by atoms with E-state index in [9.17, 15) is 18.0 Å². The molecule has 30 heavy (non-hydrogen) atoms. The van der Waals surface area contributed by atoms with Crippen molar-refractivity contribution in [1.29, 1.82) is 0 Å². The number of carbonyl (C=O) groups is 1. The molecule has 4 nitrogen and oxygen atoms in total. The Morgan fingerprint density at radius 3 is 2.63 bits per heavy atom. The highest BCUT2D eigenvalue weighted by molar-refractivity contribution is 5.77. The molecule has 2 aromatic rings. The summed E-state index contributed by atoms with van der Waals surface area (Å²) in [5.41, 5.74) is 2.13. The first kappa shape index (κ1) is 22.2. The third-order valence-electron chi connectivity index (χ3n) is 5.17. The molecule has 1 amide bonds. The van der Waals surface area contributed by atoms with Crippen molar-refractivity contribution < 1.29 is 22.7 Å². The average molecular weight is 420 g/mol. The van der Waals surface area contributed by atoms with Gasteiger partial charge in [-0.1, -0.05) is 42.5 Å². The standard InChI is InChI=1S/C23H27F3N2O2/c1-18-6-5-9-21(12-18)30-16-22(29)28(17-23(24,25)26)15-20-10-11-27(14-20)13-19-7-3-2-4-8-19/h2-9,12,20H,10-11,13-17H2,1H3. The van der Waals surface area contributed by atoms with Crippen LogP contribution < -0.4 is 4.74 Å². The topological polar surface area (TPSA) is 32.8 Å². The van der Waals surface area contributed by atoms with Crippen molar-refractivity contribution >= 4 is 5.91 Å². The van der Waals surface area contributed by atoms with Gasteiger partial charge in [-0.25, -0.2) is 0 Å². The molecule has 1 fully saturated rings. The predicted octanol–water partition coefficient (Wildman–Crippen LogP) is 4.29. The monoisotopic (exact) mass is 420 g/mol. The Morgan fingerprint density at radius 2 is 1.93 bits per heavy atom. The molecular weight excluding hydrogens is 393 g/mol. The van der Waals surface area contributed by atoms with Crippen LogP contribution in [0.1, 0.15) is 17.5 Å². The van der Waals surface area contributed by atoms with Gasteiger partial charge < -0.3 is 9.64 Å². The summed E-state index contributed by atoms with van der Waals surface area (Å²) in [6, 6.07) is 17.1. The van der Waals surface area contributed by atoms with E-state index in [2.05, 4.69) is 4.90 Å². The van der Waals surface area contributed by atoms with Gasteiger partial charge in [0.2, 0.25) is 0 Å². The van der Waals surface area contributed by atoms with E-state index in [0.29, 0.717) is 12.3 Å². The maximum atomic E-state index is 13.1. The van der Waals surface area contributed by atoms with Gasteiger partial charge in [-0.3, -0.25) is 9.69 Å². The van der Waals surface area contributed by atoms with Crippen molar-refractivity contribution in [3.63, 3.8) is 0 Å². The summed E-state index contributed by atoms with van der Waals surface area (Å²) >= 11 is 0. The van der Waals surface area contributed by atoms with Gasteiger partial charge >= 0.3 is 6.18 Å². The Hall–Kier alpha value is -2.54. The summed E-state index contributed by atoms with van der Waals surface area (Å²) in [6.07, 6.45) is -3.67. The van der Waals surface area contributed by atoms with Crippen LogP contribution in [-0.2, 0) is 11.3 Å². The van der Waals surface area contributed by atoms with Crippen LogP contribution in [0.2, 0.25) is 0 Å². The average Bonchev–Trinajstić information content (AvgIpc) is 3.12. The zero-order valence-electron chi connectivity index (χ0n) is 17.1. The zero-order valence-corrected chi connectivity index (χ0v) is 17.1. The number of alkyl halides is 3. The highest BCUT2D eigenvalue weighted by Gasteiger charge is 2.35. The molecular formula is C23H27F3N2O2. The summed E-state index contributed by atoms with van der Waals surface area (Å²) in [4.78, 5) is 15.6. The van der Waals surface area contributed by atoms with Crippen molar-refractivity contribution in [1.82, 2.24) is 9.80 Å². The number of halogens is 3. The van der Waals surface area contributed by atoms with Crippen LogP contribution in [0.15, 0.2) is 54.6 Å².